The van der Waals surface area contributed by atoms with Crippen LogP contribution in [0.25, 0.3) is 11.7 Å². The molecule has 1 aliphatic rings. The van der Waals surface area contributed by atoms with Crippen LogP contribution in [0.4, 0.5) is 5.82 Å². The van der Waals surface area contributed by atoms with Gasteiger partial charge in [-0.25, -0.2) is 4.98 Å². The summed E-state index contributed by atoms with van der Waals surface area (Å²) in [4.78, 5) is 33.2. The number of nitrogens with one attached hydrogen (secondary N) is 1. The molecule has 0 unspecified atom stereocenters. The molecule has 190 valence electrons. The number of hydrogen-bond donors (Lipinski definition) is 1. The number of ether oxygens (including phenoxy) is 1. The van der Waals surface area contributed by atoms with Gasteiger partial charge in [-0.05, 0) is 44.9 Å². The molecule has 35 heavy (non-hydrogen) atoms. The van der Waals surface area contributed by atoms with Crippen molar-refractivity contribution in [1.82, 2.24) is 14.3 Å². The minimum absolute atomic E-state index is 0.137. The lowest BCUT2D eigenvalue weighted by atomic mass is 10.1. The molecule has 1 N–H and O–H groups in total. The van der Waals surface area contributed by atoms with Crippen molar-refractivity contribution in [2.24, 2.45) is 0 Å². The number of aromatic nitrogens is 2. The minimum Gasteiger partial charge on any atom is -0.379 e. The van der Waals surface area contributed by atoms with E-state index in [9.17, 15) is 9.59 Å². The predicted molar refractivity (Wildman–Crippen MR) is 149 cm³/mol. The number of carbonyl (C=O) groups excluding carboxylic acids is 1. The molecule has 7 nitrogen and oxygen atoms in total. The molecule has 2 aromatic heterocycles. The van der Waals surface area contributed by atoms with Crippen LogP contribution in [0.3, 0.4) is 0 Å². The summed E-state index contributed by atoms with van der Waals surface area (Å²) in [7, 11) is 0. The van der Waals surface area contributed by atoms with Gasteiger partial charge in [-0.15, -0.1) is 0 Å². The van der Waals surface area contributed by atoms with Gasteiger partial charge in [0.25, 0.3) is 11.5 Å². The van der Waals surface area contributed by atoms with Crippen molar-refractivity contribution in [2.75, 3.05) is 25.0 Å². The standard InChI is InChI=1S/C26H36N4O3S2/c1-4-5-6-7-8-10-16-30-25(32)21(35-26(30)34)18-20-23(27-14-12-17-33-19(2)3)28-22-13-9-11-15-29(22)24(20)31/h9,11,13,15,18-19,27H,4-8,10,12,14,16-17H2,1-3H3/b21-18-. The summed E-state index contributed by atoms with van der Waals surface area (Å²) in [5.74, 6) is 0.328. The van der Waals surface area contributed by atoms with E-state index in [-0.39, 0.29) is 17.6 Å². The van der Waals surface area contributed by atoms with Crippen LogP contribution in [0.2, 0.25) is 0 Å². The normalized spacial score (nSPS) is 15.2. The Morgan fingerprint density at radius 2 is 1.91 bits per heavy atom. The summed E-state index contributed by atoms with van der Waals surface area (Å²) >= 11 is 6.74. The number of thioether (sulfide) groups is 1. The number of anilines is 1. The second kappa shape index (κ2) is 13.8. The van der Waals surface area contributed by atoms with Gasteiger partial charge in [0.2, 0.25) is 0 Å². The van der Waals surface area contributed by atoms with Crippen LogP contribution in [0.1, 0.15) is 71.3 Å². The van der Waals surface area contributed by atoms with Crippen molar-refractivity contribution in [3.05, 3.63) is 45.2 Å². The Morgan fingerprint density at radius 3 is 2.69 bits per heavy atom. The largest absolute Gasteiger partial charge is 0.379 e. The Bertz CT molecular complexity index is 1110. The molecule has 0 radical (unpaired) electrons. The monoisotopic (exact) mass is 516 g/mol. The maximum absolute atomic E-state index is 13.3. The van der Waals surface area contributed by atoms with Gasteiger partial charge < -0.3 is 10.1 Å². The number of fused-ring (bicyclic) bond motifs is 1. The third-order valence-corrected chi connectivity index (χ3v) is 7.10. The zero-order valence-electron chi connectivity index (χ0n) is 20.9. The minimum atomic E-state index is -0.224. The molecule has 1 saturated heterocycles. The van der Waals surface area contributed by atoms with E-state index in [0.717, 1.165) is 19.3 Å². The topological polar surface area (TPSA) is 75.9 Å². The first-order valence-electron chi connectivity index (χ1n) is 12.5. The molecule has 1 aliphatic heterocycles. The van der Waals surface area contributed by atoms with Gasteiger partial charge >= 0.3 is 0 Å². The summed E-state index contributed by atoms with van der Waals surface area (Å²) in [5.41, 5.74) is 0.683. The molecule has 2 aromatic rings. The van der Waals surface area contributed by atoms with Crippen LogP contribution in [0.15, 0.2) is 34.1 Å². The average Bonchev–Trinajstić information content (AvgIpc) is 3.10. The van der Waals surface area contributed by atoms with Gasteiger partial charge in [-0.3, -0.25) is 18.9 Å². The second-order valence-electron chi connectivity index (χ2n) is 8.91. The zero-order chi connectivity index (χ0) is 25.2. The first-order valence-corrected chi connectivity index (χ1v) is 13.8. The molecule has 1 amide bonds. The molecule has 1 fully saturated rings. The number of amides is 1. The lowest BCUT2D eigenvalue weighted by Gasteiger charge is -2.14. The van der Waals surface area contributed by atoms with Crippen molar-refractivity contribution < 1.29 is 9.53 Å². The lowest BCUT2D eigenvalue weighted by Crippen LogP contribution is -2.29. The fourth-order valence-electron chi connectivity index (χ4n) is 3.84. The summed E-state index contributed by atoms with van der Waals surface area (Å²) in [6.45, 7) is 8.03. The maximum atomic E-state index is 13.3. The van der Waals surface area contributed by atoms with Gasteiger partial charge in [0.05, 0.1) is 16.6 Å². The number of nitrogens with zero attached hydrogens (tertiary/aromatic N) is 3. The summed E-state index contributed by atoms with van der Waals surface area (Å²) in [6.07, 6.45) is 11.2. The fourth-order valence-corrected chi connectivity index (χ4v) is 5.13. The number of thiocarbonyl (C=S) groups is 1. The van der Waals surface area contributed by atoms with Crippen LogP contribution in [0, 0.1) is 0 Å². The Balaban J connectivity index is 1.77. The van der Waals surface area contributed by atoms with E-state index in [1.165, 1.54) is 41.8 Å². The van der Waals surface area contributed by atoms with Crippen molar-refractivity contribution >= 4 is 51.7 Å². The smallest absolute Gasteiger partial charge is 0.267 e. The van der Waals surface area contributed by atoms with E-state index >= 15 is 0 Å². The Kier molecular flexibility index (Phi) is 10.7. The summed E-state index contributed by atoms with van der Waals surface area (Å²) in [6, 6.07) is 5.42. The van der Waals surface area contributed by atoms with E-state index < -0.39 is 0 Å². The summed E-state index contributed by atoms with van der Waals surface area (Å²) < 4.78 is 7.64. The highest BCUT2D eigenvalue weighted by Crippen LogP contribution is 2.33. The van der Waals surface area contributed by atoms with E-state index in [0.29, 0.717) is 46.0 Å². The molecule has 3 heterocycles. The molecular formula is C26H36N4O3S2. The Labute approximate surface area is 217 Å². The highest BCUT2D eigenvalue weighted by molar-refractivity contribution is 8.26. The molecule has 3 rings (SSSR count). The Morgan fingerprint density at radius 1 is 1.14 bits per heavy atom. The van der Waals surface area contributed by atoms with Gasteiger partial charge in [0.15, 0.2) is 0 Å². The number of rotatable bonds is 14. The van der Waals surface area contributed by atoms with E-state index in [1.54, 1.807) is 29.3 Å². The van der Waals surface area contributed by atoms with Gasteiger partial charge in [0, 0.05) is 25.9 Å². The first kappa shape index (κ1) is 27.4. The third-order valence-electron chi connectivity index (χ3n) is 5.72. The van der Waals surface area contributed by atoms with Crippen LogP contribution >= 0.6 is 24.0 Å². The molecule has 9 heteroatoms. The fraction of sp³-hybridized carbons (Fsp3) is 0.538. The van der Waals surface area contributed by atoms with Crippen LogP contribution in [-0.2, 0) is 9.53 Å². The number of carbonyl (C=O) groups is 1. The van der Waals surface area contributed by atoms with E-state index in [2.05, 4.69) is 17.2 Å². The molecule has 0 saturated carbocycles. The average molecular weight is 517 g/mol. The Hall–Kier alpha value is -2.23. The molecular weight excluding hydrogens is 480 g/mol. The van der Waals surface area contributed by atoms with Crippen molar-refractivity contribution in [3.8, 4) is 0 Å². The van der Waals surface area contributed by atoms with Crippen molar-refractivity contribution in [3.63, 3.8) is 0 Å². The van der Waals surface area contributed by atoms with Crippen LogP contribution < -0.4 is 10.9 Å². The number of unbranched alkanes of at least 4 members (excludes halogenated alkanes) is 5. The molecule has 0 atom stereocenters. The van der Waals surface area contributed by atoms with Gasteiger partial charge in [-0.1, -0.05) is 69.1 Å². The lowest BCUT2D eigenvalue weighted by molar-refractivity contribution is -0.122. The number of hydrogen-bond acceptors (Lipinski definition) is 7. The molecule has 0 aliphatic carbocycles. The van der Waals surface area contributed by atoms with E-state index in [4.69, 9.17) is 17.0 Å². The molecule has 0 bridgehead atoms. The van der Waals surface area contributed by atoms with Gasteiger partial charge in [-0.2, -0.15) is 0 Å². The highest BCUT2D eigenvalue weighted by Gasteiger charge is 2.32. The van der Waals surface area contributed by atoms with Crippen LogP contribution in [-0.4, -0.2) is 50.3 Å². The second-order valence-corrected chi connectivity index (χ2v) is 10.6. The highest BCUT2D eigenvalue weighted by atomic mass is 32.2. The molecule has 0 spiro atoms. The first-order chi connectivity index (χ1) is 16.9. The number of pyridine rings is 1. The predicted octanol–water partition coefficient (Wildman–Crippen LogP) is 5.48. The zero-order valence-corrected chi connectivity index (χ0v) is 22.6. The quantitative estimate of drug-likeness (QED) is 0.202. The SMILES string of the molecule is CCCCCCCCN1C(=O)/C(=C/c2c(NCCCOC(C)C)nc3ccccn3c2=O)SC1=S. The molecule has 0 aromatic carbocycles. The van der Waals surface area contributed by atoms with E-state index in [1.807, 2.05) is 19.9 Å². The van der Waals surface area contributed by atoms with Crippen molar-refractivity contribution in [1.29, 1.82) is 0 Å². The van der Waals surface area contributed by atoms with Crippen molar-refractivity contribution in [2.45, 2.75) is 71.8 Å². The third kappa shape index (κ3) is 7.62. The van der Waals surface area contributed by atoms with Gasteiger partial charge in [0.1, 0.15) is 15.8 Å². The summed E-state index contributed by atoms with van der Waals surface area (Å²) in [5, 5.41) is 3.27. The van der Waals surface area contributed by atoms with Crippen LogP contribution in [0.5, 0.6) is 0 Å². The maximum Gasteiger partial charge on any atom is 0.267 e.